The van der Waals surface area contributed by atoms with Crippen molar-refractivity contribution in [2.75, 3.05) is 0 Å². The van der Waals surface area contributed by atoms with Crippen LogP contribution in [-0.2, 0) is 0 Å². The van der Waals surface area contributed by atoms with Gasteiger partial charge in [-0.15, -0.1) is 0 Å². The van der Waals surface area contributed by atoms with Gasteiger partial charge in [-0.05, 0) is 17.7 Å². The molecule has 1 unspecified atom stereocenters. The summed E-state index contributed by atoms with van der Waals surface area (Å²) in [7, 11) is 0. The van der Waals surface area contributed by atoms with Crippen LogP contribution in [0.15, 0.2) is 54.6 Å². The molecule has 0 amide bonds. The summed E-state index contributed by atoms with van der Waals surface area (Å²) in [5.74, 6) is 0. The van der Waals surface area contributed by atoms with Gasteiger partial charge >= 0.3 is 0 Å². The molecule has 0 aliphatic rings. The molecule has 2 rings (SSSR count). The van der Waals surface area contributed by atoms with E-state index in [1.54, 1.807) is 18.2 Å². The van der Waals surface area contributed by atoms with Crippen LogP contribution >= 0.6 is 0 Å². The molecule has 0 aromatic heterocycles. The summed E-state index contributed by atoms with van der Waals surface area (Å²) >= 11 is 0. The zero-order valence-corrected chi connectivity index (χ0v) is 8.36. The van der Waals surface area contributed by atoms with E-state index in [1.165, 1.54) is 0 Å². The summed E-state index contributed by atoms with van der Waals surface area (Å²) in [5, 5.41) is 0. The Kier molecular flexibility index (Phi) is 2.79. The minimum absolute atomic E-state index is 0.642. The summed E-state index contributed by atoms with van der Waals surface area (Å²) in [5.41, 5.74) is 5.89. The summed E-state index contributed by atoms with van der Waals surface area (Å²) in [6, 6.07) is 16.4. The Labute approximate surface area is 88.4 Å². The molecule has 0 radical (unpaired) electrons. The van der Waals surface area contributed by atoms with Crippen LogP contribution in [0.1, 0.15) is 17.3 Å². The van der Waals surface area contributed by atoms with Crippen LogP contribution in [-0.4, -0.2) is 0 Å². The van der Waals surface area contributed by atoms with E-state index < -0.39 is 6.17 Å². The van der Waals surface area contributed by atoms with Crippen molar-refractivity contribution >= 4 is 5.69 Å². The van der Waals surface area contributed by atoms with E-state index in [2.05, 4.69) is 5.73 Å². The monoisotopic (exact) mass is 202 g/mol. The fourth-order valence-electron chi connectivity index (χ4n) is 1.58. The van der Waals surface area contributed by atoms with E-state index in [0.717, 1.165) is 5.69 Å². The van der Waals surface area contributed by atoms with Gasteiger partial charge < -0.3 is 5.73 Å². The molecule has 15 heavy (non-hydrogen) atoms. The Hall–Kier alpha value is -1.67. The van der Waals surface area contributed by atoms with Crippen LogP contribution in [0, 0.1) is 0 Å². The highest BCUT2D eigenvalue weighted by atomic mass is 19.1. The van der Waals surface area contributed by atoms with Crippen LogP contribution in [0.2, 0.25) is 0 Å². The predicted octanol–water partition coefficient (Wildman–Crippen LogP) is 2.62. The Bertz CT molecular complexity index is 439. The number of hydrogen-bond acceptors (Lipinski definition) is 0. The van der Waals surface area contributed by atoms with Crippen LogP contribution in [0.5, 0.6) is 0 Å². The van der Waals surface area contributed by atoms with E-state index in [1.807, 2.05) is 36.4 Å². The van der Waals surface area contributed by atoms with Gasteiger partial charge in [-0.25, -0.2) is 4.39 Å². The van der Waals surface area contributed by atoms with Gasteiger partial charge in [0.15, 0.2) is 6.17 Å². The SMILES string of the molecule is [NH3+]c1ccccc1C(F)c1ccccc1. The van der Waals surface area contributed by atoms with Crippen molar-refractivity contribution in [1.82, 2.24) is 0 Å². The molecule has 3 N–H and O–H groups in total. The first-order valence-electron chi connectivity index (χ1n) is 4.89. The first kappa shape index (κ1) is 9.87. The van der Waals surface area contributed by atoms with Crippen LogP contribution in [0.3, 0.4) is 0 Å². The van der Waals surface area contributed by atoms with Gasteiger partial charge in [-0.1, -0.05) is 42.5 Å². The van der Waals surface area contributed by atoms with E-state index in [0.29, 0.717) is 11.1 Å². The highest BCUT2D eigenvalue weighted by Gasteiger charge is 2.15. The maximum Gasteiger partial charge on any atom is 0.156 e. The van der Waals surface area contributed by atoms with Gasteiger partial charge in [0.25, 0.3) is 0 Å². The molecule has 1 nitrogen and oxygen atoms in total. The summed E-state index contributed by atoms with van der Waals surface area (Å²) < 4.78 is 14.1. The highest BCUT2D eigenvalue weighted by molar-refractivity contribution is 5.43. The van der Waals surface area contributed by atoms with Crippen LogP contribution in [0.25, 0.3) is 0 Å². The fraction of sp³-hybridized carbons (Fsp3) is 0.0769. The molecule has 0 saturated heterocycles. The van der Waals surface area contributed by atoms with Gasteiger partial charge in [0.2, 0.25) is 0 Å². The molecule has 2 aromatic rings. The highest BCUT2D eigenvalue weighted by Crippen LogP contribution is 2.28. The van der Waals surface area contributed by atoms with Crippen molar-refractivity contribution in [3.8, 4) is 0 Å². The number of alkyl halides is 1. The molecule has 1 atom stereocenters. The van der Waals surface area contributed by atoms with E-state index >= 15 is 0 Å². The average molecular weight is 202 g/mol. The Morgan fingerprint density at radius 3 is 2.13 bits per heavy atom. The Morgan fingerprint density at radius 2 is 1.47 bits per heavy atom. The van der Waals surface area contributed by atoms with Gasteiger partial charge in [0, 0.05) is 0 Å². The number of benzene rings is 2. The number of rotatable bonds is 2. The molecule has 76 valence electrons. The molecule has 2 heteroatoms. The van der Waals surface area contributed by atoms with Gasteiger partial charge in [-0.3, -0.25) is 0 Å². The zero-order chi connectivity index (χ0) is 10.7. The third-order valence-electron chi connectivity index (χ3n) is 2.42. The van der Waals surface area contributed by atoms with Crippen molar-refractivity contribution in [2.24, 2.45) is 0 Å². The molecule has 0 heterocycles. The second kappa shape index (κ2) is 4.24. The largest absolute Gasteiger partial charge is 0.325 e. The third-order valence-corrected chi connectivity index (χ3v) is 2.42. The van der Waals surface area contributed by atoms with E-state index in [9.17, 15) is 4.39 Å². The smallest absolute Gasteiger partial charge is 0.156 e. The molecule has 0 aliphatic heterocycles. The van der Waals surface area contributed by atoms with Crippen molar-refractivity contribution in [2.45, 2.75) is 6.17 Å². The second-order valence-corrected chi connectivity index (χ2v) is 3.47. The molecular weight excluding hydrogens is 189 g/mol. The Balaban J connectivity index is 2.37. The minimum Gasteiger partial charge on any atom is -0.325 e. The lowest BCUT2D eigenvalue weighted by Crippen LogP contribution is -2.41. The molecule has 0 bridgehead atoms. The van der Waals surface area contributed by atoms with Crippen molar-refractivity contribution in [3.05, 3.63) is 65.7 Å². The quantitative estimate of drug-likeness (QED) is 0.775. The van der Waals surface area contributed by atoms with Crippen molar-refractivity contribution in [1.29, 1.82) is 0 Å². The minimum atomic E-state index is -1.08. The van der Waals surface area contributed by atoms with Gasteiger partial charge in [-0.2, -0.15) is 0 Å². The van der Waals surface area contributed by atoms with Crippen molar-refractivity contribution < 1.29 is 10.1 Å². The molecule has 2 aromatic carbocycles. The average Bonchev–Trinajstić information content (AvgIpc) is 2.30. The molecule has 0 aliphatic carbocycles. The second-order valence-electron chi connectivity index (χ2n) is 3.47. The lowest BCUT2D eigenvalue weighted by atomic mass is 10.0. The predicted molar refractivity (Wildman–Crippen MR) is 58.4 cm³/mol. The van der Waals surface area contributed by atoms with Crippen molar-refractivity contribution in [3.63, 3.8) is 0 Å². The normalized spacial score (nSPS) is 12.4. The molecular formula is C13H13FN+. The van der Waals surface area contributed by atoms with E-state index in [4.69, 9.17) is 0 Å². The number of hydrogen-bond donors (Lipinski definition) is 1. The zero-order valence-electron chi connectivity index (χ0n) is 8.36. The lowest BCUT2D eigenvalue weighted by Gasteiger charge is -2.08. The van der Waals surface area contributed by atoms with E-state index in [-0.39, 0.29) is 0 Å². The summed E-state index contributed by atoms with van der Waals surface area (Å²) in [6.45, 7) is 0. The van der Waals surface area contributed by atoms with Crippen LogP contribution in [0.4, 0.5) is 10.1 Å². The first-order chi connectivity index (χ1) is 7.29. The number of halogens is 1. The van der Waals surface area contributed by atoms with Gasteiger partial charge in [0.05, 0.1) is 5.56 Å². The fourth-order valence-corrected chi connectivity index (χ4v) is 1.58. The standard InChI is InChI=1S/C13H12FN/c14-13(10-6-2-1-3-7-10)11-8-4-5-9-12(11)15/h1-9,13H,15H2/p+1. The summed E-state index contributed by atoms with van der Waals surface area (Å²) in [6.07, 6.45) is -1.08. The van der Waals surface area contributed by atoms with Gasteiger partial charge in [0.1, 0.15) is 5.69 Å². The maximum absolute atomic E-state index is 14.1. The third kappa shape index (κ3) is 2.05. The topological polar surface area (TPSA) is 27.6 Å². The molecule has 0 spiro atoms. The Morgan fingerprint density at radius 1 is 0.867 bits per heavy atom. The van der Waals surface area contributed by atoms with Crippen LogP contribution < -0.4 is 5.73 Å². The molecule has 0 saturated carbocycles. The first-order valence-corrected chi connectivity index (χ1v) is 4.89. The summed E-state index contributed by atoms with van der Waals surface area (Å²) in [4.78, 5) is 0. The lowest BCUT2D eigenvalue weighted by molar-refractivity contribution is -0.256. The number of quaternary nitrogens is 1. The maximum atomic E-state index is 14.1. The molecule has 0 fully saturated rings.